The van der Waals surface area contributed by atoms with Crippen LogP contribution in [0.15, 0.2) is 55.1 Å². The molecule has 7 heteroatoms. The van der Waals surface area contributed by atoms with Crippen LogP contribution in [0.5, 0.6) is 0 Å². The quantitative estimate of drug-likeness (QED) is 0.664. The van der Waals surface area contributed by atoms with Crippen LogP contribution in [0.4, 0.5) is 0 Å². The topological polar surface area (TPSA) is 91.5 Å². The Balaban J connectivity index is 0.000000645. The Labute approximate surface area is 169 Å². The van der Waals surface area contributed by atoms with Gasteiger partial charge in [0.2, 0.25) is 0 Å². The molecule has 1 aliphatic carbocycles. The average molecular weight is 394 g/mol. The highest BCUT2D eigenvalue weighted by Gasteiger charge is 2.42. The largest absolute Gasteiger partial charge is 0.483 e. The molecule has 2 aliphatic rings. The van der Waals surface area contributed by atoms with Crippen LogP contribution in [-0.2, 0) is 11.3 Å². The van der Waals surface area contributed by atoms with Crippen molar-refractivity contribution >= 4 is 17.5 Å². The number of rotatable bonds is 3. The van der Waals surface area contributed by atoms with Gasteiger partial charge in [0.25, 0.3) is 6.47 Å². The minimum Gasteiger partial charge on any atom is -0.483 e. The summed E-state index contributed by atoms with van der Waals surface area (Å²) in [5.74, 6) is 1.23. The molecule has 1 aliphatic heterocycles. The first-order valence-corrected chi connectivity index (χ1v) is 9.98. The maximum absolute atomic E-state index is 10.8. The second-order valence-corrected chi connectivity index (χ2v) is 7.93. The molecule has 2 N–H and O–H groups in total. The number of fused-ring (bicyclic) bond motifs is 2. The molecule has 29 heavy (non-hydrogen) atoms. The van der Waals surface area contributed by atoms with Gasteiger partial charge in [-0.25, -0.2) is 4.98 Å². The van der Waals surface area contributed by atoms with E-state index in [1.165, 1.54) is 5.56 Å². The summed E-state index contributed by atoms with van der Waals surface area (Å²) in [7, 11) is 0. The van der Waals surface area contributed by atoms with Crippen molar-refractivity contribution < 1.29 is 15.0 Å². The van der Waals surface area contributed by atoms with E-state index in [2.05, 4.69) is 31.6 Å². The van der Waals surface area contributed by atoms with E-state index in [1.54, 1.807) is 0 Å². The van der Waals surface area contributed by atoms with Gasteiger partial charge in [-0.2, -0.15) is 0 Å². The molecule has 1 saturated carbocycles. The molecule has 1 aromatic carbocycles. The maximum atomic E-state index is 10.8. The van der Waals surface area contributed by atoms with Crippen molar-refractivity contribution in [1.29, 1.82) is 0 Å². The molecule has 4 atom stereocenters. The van der Waals surface area contributed by atoms with E-state index < -0.39 is 0 Å². The molecule has 152 valence electrons. The molecule has 3 heterocycles. The number of nitrogens with zero attached hydrogens (tertiary/aromatic N) is 4. The Morgan fingerprint density at radius 1 is 1.10 bits per heavy atom. The fourth-order valence-corrected chi connectivity index (χ4v) is 4.92. The predicted octanol–water partition coefficient (Wildman–Crippen LogP) is 2.58. The highest BCUT2D eigenvalue weighted by Crippen LogP contribution is 2.42. The molecule has 1 saturated heterocycles. The standard InChI is InChI=1S/C21H24N4O.CH2O2/c26-21-9-17-13-24(11-15-4-3-7-22-10-15)12-16(17)8-20(21)25-14-23-18-5-1-2-6-19(18)25;2-1-3/h1-7,10,14,16-17,20-21,26H,8-9,11-13H2;1H,(H,2,3)/t16-,17+,20-,21-;/m1./s1. The Hall–Kier alpha value is -2.77. The number of aliphatic hydroxyl groups is 1. The number of imidazole rings is 1. The zero-order valence-electron chi connectivity index (χ0n) is 16.2. The van der Waals surface area contributed by atoms with Crippen molar-refractivity contribution in [2.45, 2.75) is 31.5 Å². The minimum absolute atomic E-state index is 0.127. The lowest BCUT2D eigenvalue weighted by atomic mass is 9.77. The molecule has 0 radical (unpaired) electrons. The van der Waals surface area contributed by atoms with E-state index in [0.717, 1.165) is 43.5 Å². The van der Waals surface area contributed by atoms with Gasteiger partial charge in [0.1, 0.15) is 0 Å². The van der Waals surface area contributed by atoms with E-state index in [0.29, 0.717) is 11.8 Å². The predicted molar refractivity (Wildman–Crippen MR) is 109 cm³/mol. The van der Waals surface area contributed by atoms with Crippen LogP contribution < -0.4 is 0 Å². The lowest BCUT2D eigenvalue weighted by molar-refractivity contribution is -0.122. The molecule has 2 fully saturated rings. The molecule has 0 spiro atoms. The molecule has 2 aromatic heterocycles. The Morgan fingerprint density at radius 3 is 2.62 bits per heavy atom. The summed E-state index contributed by atoms with van der Waals surface area (Å²) in [6, 6.07) is 12.5. The lowest BCUT2D eigenvalue weighted by Crippen LogP contribution is -2.36. The number of aliphatic hydroxyl groups excluding tert-OH is 1. The monoisotopic (exact) mass is 394 g/mol. The van der Waals surface area contributed by atoms with E-state index in [9.17, 15) is 5.11 Å². The van der Waals surface area contributed by atoms with Crippen molar-refractivity contribution in [2.75, 3.05) is 13.1 Å². The van der Waals surface area contributed by atoms with Gasteiger partial charge in [0.15, 0.2) is 0 Å². The number of pyridine rings is 1. The number of aromatic nitrogens is 3. The first-order valence-electron chi connectivity index (χ1n) is 9.98. The van der Waals surface area contributed by atoms with Crippen molar-refractivity contribution in [3.63, 3.8) is 0 Å². The van der Waals surface area contributed by atoms with Crippen LogP contribution >= 0.6 is 0 Å². The van der Waals surface area contributed by atoms with Crippen LogP contribution in [0.1, 0.15) is 24.4 Å². The summed E-state index contributed by atoms with van der Waals surface area (Å²) in [6.07, 6.45) is 7.29. The van der Waals surface area contributed by atoms with E-state index in [1.807, 2.05) is 43.0 Å². The van der Waals surface area contributed by atoms with Gasteiger partial charge >= 0.3 is 0 Å². The zero-order chi connectivity index (χ0) is 20.2. The van der Waals surface area contributed by atoms with Crippen LogP contribution in [-0.4, -0.2) is 55.3 Å². The van der Waals surface area contributed by atoms with Gasteiger partial charge in [-0.1, -0.05) is 18.2 Å². The molecular weight excluding hydrogens is 368 g/mol. The normalized spacial score (nSPS) is 26.5. The minimum atomic E-state index is -0.299. The number of likely N-dealkylation sites (tertiary alicyclic amines) is 1. The highest BCUT2D eigenvalue weighted by atomic mass is 16.3. The average Bonchev–Trinajstić information content (AvgIpc) is 3.32. The van der Waals surface area contributed by atoms with Crippen molar-refractivity contribution in [3.8, 4) is 0 Å². The number of carboxylic acid groups (broad SMARTS) is 1. The van der Waals surface area contributed by atoms with Crippen molar-refractivity contribution in [2.24, 2.45) is 11.8 Å². The van der Waals surface area contributed by atoms with Gasteiger partial charge < -0.3 is 14.8 Å². The summed E-state index contributed by atoms with van der Waals surface area (Å²) in [4.78, 5) is 19.6. The second kappa shape index (κ2) is 8.71. The zero-order valence-corrected chi connectivity index (χ0v) is 16.2. The fourth-order valence-electron chi connectivity index (χ4n) is 4.92. The smallest absolute Gasteiger partial charge is 0.290 e. The molecule has 0 bridgehead atoms. The Morgan fingerprint density at radius 2 is 1.86 bits per heavy atom. The molecule has 3 aromatic rings. The SMILES string of the molecule is O=CO.O[C@@H]1C[C@H]2CN(Cc3cccnc3)C[C@H]2C[C@H]1n1cnc2ccccc21. The third-order valence-corrected chi connectivity index (χ3v) is 6.15. The molecule has 0 unspecified atom stereocenters. The third kappa shape index (κ3) is 4.16. The van der Waals surface area contributed by atoms with Crippen molar-refractivity contribution in [3.05, 3.63) is 60.7 Å². The number of carbonyl (C=O) groups is 1. The van der Waals surface area contributed by atoms with E-state index in [-0.39, 0.29) is 18.6 Å². The van der Waals surface area contributed by atoms with Gasteiger partial charge in [-0.05, 0) is 48.4 Å². The lowest BCUT2D eigenvalue weighted by Gasteiger charge is -2.36. The van der Waals surface area contributed by atoms with Gasteiger partial charge in [0, 0.05) is 32.0 Å². The molecule has 0 amide bonds. The van der Waals surface area contributed by atoms with Crippen LogP contribution in [0.2, 0.25) is 0 Å². The van der Waals surface area contributed by atoms with E-state index >= 15 is 0 Å². The van der Waals surface area contributed by atoms with Crippen molar-refractivity contribution in [1.82, 2.24) is 19.4 Å². The number of hydrogen-bond acceptors (Lipinski definition) is 5. The molecule has 7 nitrogen and oxygen atoms in total. The summed E-state index contributed by atoms with van der Waals surface area (Å²) < 4.78 is 2.19. The summed E-state index contributed by atoms with van der Waals surface area (Å²) >= 11 is 0. The summed E-state index contributed by atoms with van der Waals surface area (Å²) in [5.41, 5.74) is 3.40. The van der Waals surface area contributed by atoms with Crippen LogP contribution in [0, 0.1) is 11.8 Å². The number of hydrogen-bond donors (Lipinski definition) is 2. The Kier molecular flexibility index (Phi) is 5.87. The molecular formula is C22H26N4O3. The first-order chi connectivity index (χ1) is 14.2. The van der Waals surface area contributed by atoms with Gasteiger partial charge in [-0.3, -0.25) is 14.7 Å². The third-order valence-electron chi connectivity index (χ3n) is 6.15. The fraction of sp³-hybridized carbons (Fsp3) is 0.409. The van der Waals surface area contributed by atoms with Crippen LogP contribution in [0.25, 0.3) is 11.0 Å². The Bertz CT molecular complexity index is 945. The summed E-state index contributed by atoms with van der Waals surface area (Å²) in [6.45, 7) is 2.89. The highest BCUT2D eigenvalue weighted by molar-refractivity contribution is 5.75. The second-order valence-electron chi connectivity index (χ2n) is 7.93. The number of para-hydroxylation sites is 2. The molecule has 5 rings (SSSR count). The first kappa shape index (κ1) is 19.5. The van der Waals surface area contributed by atoms with Gasteiger partial charge in [0.05, 0.1) is 29.5 Å². The van der Waals surface area contributed by atoms with Gasteiger partial charge in [-0.15, -0.1) is 0 Å². The summed E-state index contributed by atoms with van der Waals surface area (Å²) in [5, 5.41) is 17.7. The van der Waals surface area contributed by atoms with E-state index in [4.69, 9.17) is 9.90 Å². The van der Waals surface area contributed by atoms with Crippen LogP contribution in [0.3, 0.4) is 0 Å². The number of benzene rings is 1. The maximum Gasteiger partial charge on any atom is 0.290 e.